The monoisotopic (exact) mass is 496 g/mol. The molecule has 4 amide bonds. The number of piperazine rings is 1. The van der Waals surface area contributed by atoms with E-state index in [4.69, 9.17) is 11.6 Å². The van der Waals surface area contributed by atoms with Crippen LogP contribution in [0, 0.1) is 18.3 Å². The number of hydrogen-bond donors (Lipinski definition) is 0. The first-order chi connectivity index (χ1) is 17.4. The normalized spacial score (nSPS) is 22.2. The number of nitriles is 1. The Bertz CT molecular complexity index is 1460. The van der Waals surface area contributed by atoms with E-state index >= 15 is 0 Å². The molecule has 6 rings (SSSR count). The van der Waals surface area contributed by atoms with Crippen molar-refractivity contribution in [3.8, 4) is 17.2 Å². The second-order valence-corrected chi connectivity index (χ2v) is 9.73. The van der Waals surface area contributed by atoms with Crippen LogP contribution in [0.3, 0.4) is 0 Å². The summed E-state index contributed by atoms with van der Waals surface area (Å²) in [6.07, 6.45) is 0.580. The minimum absolute atomic E-state index is 0.141. The van der Waals surface area contributed by atoms with E-state index in [0.29, 0.717) is 29.8 Å². The van der Waals surface area contributed by atoms with Gasteiger partial charge in [0.15, 0.2) is 0 Å². The van der Waals surface area contributed by atoms with Gasteiger partial charge in [-0.3, -0.25) is 9.59 Å². The third kappa shape index (κ3) is 3.15. The molecular formula is C28H21ClN4O3. The molecular weight excluding hydrogens is 476 g/mol. The van der Waals surface area contributed by atoms with Crippen LogP contribution in [0.1, 0.15) is 27.9 Å². The Morgan fingerprint density at radius 2 is 1.69 bits per heavy atom. The summed E-state index contributed by atoms with van der Waals surface area (Å²) in [4.78, 5) is 44.8. The van der Waals surface area contributed by atoms with Crippen molar-refractivity contribution in [3.05, 3.63) is 88.4 Å². The first-order valence-electron chi connectivity index (χ1n) is 11.7. The van der Waals surface area contributed by atoms with Crippen molar-refractivity contribution in [2.24, 2.45) is 0 Å². The molecule has 2 bridgehead atoms. The van der Waals surface area contributed by atoms with Gasteiger partial charge in [-0.25, -0.2) is 9.69 Å². The predicted molar refractivity (Wildman–Crippen MR) is 135 cm³/mol. The largest absolute Gasteiger partial charge is 0.332 e. The molecule has 36 heavy (non-hydrogen) atoms. The summed E-state index contributed by atoms with van der Waals surface area (Å²) in [5, 5.41) is 9.46. The smallest absolute Gasteiger partial charge is 0.331 e. The number of hydrogen-bond acceptors (Lipinski definition) is 4. The summed E-state index contributed by atoms with van der Waals surface area (Å²) in [5.41, 5.74) is 3.80. The van der Waals surface area contributed by atoms with Crippen molar-refractivity contribution in [2.45, 2.75) is 31.5 Å². The fraction of sp³-hybridized carbons (Fsp3) is 0.214. The Balaban J connectivity index is 1.26. The molecule has 3 aromatic carbocycles. The number of carbonyl (C=O) groups excluding carboxylic acids is 3. The second-order valence-electron chi connectivity index (χ2n) is 9.35. The maximum absolute atomic E-state index is 13.5. The van der Waals surface area contributed by atoms with E-state index in [2.05, 4.69) is 0 Å². The lowest BCUT2D eigenvalue weighted by atomic mass is 10.0. The zero-order valence-corrected chi connectivity index (χ0v) is 20.1. The number of anilines is 1. The Kier molecular flexibility index (Phi) is 5.09. The topological polar surface area (TPSA) is 84.7 Å². The van der Waals surface area contributed by atoms with Gasteiger partial charge >= 0.3 is 6.03 Å². The van der Waals surface area contributed by atoms with Crippen LogP contribution >= 0.6 is 11.6 Å². The molecule has 3 aromatic rings. The van der Waals surface area contributed by atoms with Crippen molar-refractivity contribution >= 4 is 35.1 Å². The highest BCUT2D eigenvalue weighted by molar-refractivity contribution is 6.33. The van der Waals surface area contributed by atoms with Gasteiger partial charge in [-0.05, 0) is 54.3 Å². The Labute approximate surface area is 213 Å². The minimum Gasteiger partial charge on any atom is -0.331 e. The molecule has 3 aliphatic rings. The zero-order valence-electron chi connectivity index (χ0n) is 19.4. The van der Waals surface area contributed by atoms with E-state index < -0.39 is 12.1 Å². The van der Waals surface area contributed by atoms with Crippen LogP contribution in [0.5, 0.6) is 0 Å². The number of fused-ring (bicyclic) bond motifs is 5. The van der Waals surface area contributed by atoms with E-state index in [1.165, 1.54) is 6.07 Å². The minimum atomic E-state index is -0.724. The van der Waals surface area contributed by atoms with Crippen LogP contribution in [0.2, 0.25) is 5.02 Å². The predicted octanol–water partition coefficient (Wildman–Crippen LogP) is 4.62. The molecule has 3 atom stereocenters. The average Bonchev–Trinajstić information content (AvgIpc) is 3.57. The third-order valence-electron chi connectivity index (χ3n) is 7.48. The number of benzene rings is 3. The maximum Gasteiger partial charge on any atom is 0.332 e. The van der Waals surface area contributed by atoms with E-state index in [0.717, 1.165) is 16.0 Å². The highest BCUT2D eigenvalue weighted by atomic mass is 35.5. The van der Waals surface area contributed by atoms with Gasteiger partial charge in [0, 0.05) is 12.1 Å². The maximum atomic E-state index is 13.5. The average molecular weight is 497 g/mol. The molecule has 0 N–H and O–H groups in total. The van der Waals surface area contributed by atoms with Gasteiger partial charge in [-0.15, -0.1) is 0 Å². The lowest BCUT2D eigenvalue weighted by Crippen LogP contribution is -2.54. The van der Waals surface area contributed by atoms with Gasteiger partial charge in [0.1, 0.15) is 12.1 Å². The molecule has 3 saturated heterocycles. The first-order valence-corrected chi connectivity index (χ1v) is 12.1. The number of urea groups is 1. The van der Waals surface area contributed by atoms with Gasteiger partial charge in [-0.1, -0.05) is 54.1 Å². The van der Waals surface area contributed by atoms with Crippen LogP contribution in [0.4, 0.5) is 10.5 Å². The molecule has 3 aliphatic heterocycles. The SMILES string of the molecule is Cc1c(N2C(=O)[C@H]3C4C[C@H](CN4C(=O)c4ccc(-c5ccccc5)cc4)N3C2=O)ccc(C#N)c1Cl. The summed E-state index contributed by atoms with van der Waals surface area (Å²) in [6, 6.07) is 20.8. The number of nitrogens with zero attached hydrogens (tertiary/aromatic N) is 4. The van der Waals surface area contributed by atoms with Crippen LogP contribution in [-0.4, -0.2) is 52.3 Å². The summed E-state index contributed by atoms with van der Waals surface area (Å²) in [7, 11) is 0. The van der Waals surface area contributed by atoms with Gasteiger partial charge in [-0.2, -0.15) is 5.26 Å². The van der Waals surface area contributed by atoms with Gasteiger partial charge < -0.3 is 9.80 Å². The number of carbonyl (C=O) groups is 3. The number of imide groups is 1. The van der Waals surface area contributed by atoms with E-state index in [1.807, 2.05) is 60.7 Å². The fourth-order valence-electron chi connectivity index (χ4n) is 5.72. The number of likely N-dealkylation sites (tertiary alicyclic amines) is 1. The quantitative estimate of drug-likeness (QED) is 0.495. The Morgan fingerprint density at radius 3 is 2.39 bits per heavy atom. The zero-order chi connectivity index (χ0) is 25.1. The molecule has 3 heterocycles. The summed E-state index contributed by atoms with van der Waals surface area (Å²) < 4.78 is 0. The van der Waals surface area contributed by atoms with E-state index in [1.54, 1.807) is 22.8 Å². The molecule has 7 nitrogen and oxygen atoms in total. The van der Waals surface area contributed by atoms with Crippen molar-refractivity contribution in [1.82, 2.24) is 9.80 Å². The summed E-state index contributed by atoms with van der Waals surface area (Å²) in [6.45, 7) is 2.08. The molecule has 0 aliphatic carbocycles. The van der Waals surface area contributed by atoms with Crippen LogP contribution < -0.4 is 4.90 Å². The number of amides is 4. The van der Waals surface area contributed by atoms with Crippen molar-refractivity contribution in [1.29, 1.82) is 5.26 Å². The summed E-state index contributed by atoms with van der Waals surface area (Å²) >= 11 is 6.31. The molecule has 178 valence electrons. The highest BCUT2D eigenvalue weighted by Crippen LogP contribution is 2.44. The molecule has 1 unspecified atom stereocenters. The first kappa shape index (κ1) is 22.3. The lowest BCUT2D eigenvalue weighted by molar-refractivity contribution is -0.121. The van der Waals surface area contributed by atoms with Gasteiger partial charge in [0.05, 0.1) is 28.4 Å². The van der Waals surface area contributed by atoms with Gasteiger partial charge in [0.25, 0.3) is 11.8 Å². The van der Waals surface area contributed by atoms with Gasteiger partial charge in [0.2, 0.25) is 0 Å². The molecule has 0 spiro atoms. The summed E-state index contributed by atoms with van der Waals surface area (Å²) in [5.74, 6) is -0.508. The second kappa shape index (κ2) is 8.21. The number of rotatable bonds is 3. The number of halogens is 1. The van der Waals surface area contributed by atoms with E-state index in [9.17, 15) is 19.6 Å². The molecule has 3 fully saturated rings. The van der Waals surface area contributed by atoms with Crippen LogP contribution in [-0.2, 0) is 4.79 Å². The van der Waals surface area contributed by atoms with Crippen molar-refractivity contribution in [3.63, 3.8) is 0 Å². The molecule has 0 saturated carbocycles. The Morgan fingerprint density at radius 1 is 1.00 bits per heavy atom. The Hall–Kier alpha value is -4.15. The molecule has 0 radical (unpaired) electrons. The van der Waals surface area contributed by atoms with Crippen LogP contribution in [0.25, 0.3) is 11.1 Å². The van der Waals surface area contributed by atoms with E-state index in [-0.39, 0.29) is 34.5 Å². The molecule has 8 heteroatoms. The highest BCUT2D eigenvalue weighted by Gasteiger charge is 2.63. The van der Waals surface area contributed by atoms with Crippen LogP contribution in [0.15, 0.2) is 66.7 Å². The van der Waals surface area contributed by atoms with Crippen molar-refractivity contribution < 1.29 is 14.4 Å². The standard InChI is InChI=1S/C28H21ClN4O3/c1-16-22(12-11-20(14-30)24(16)29)33-27(35)25-23-13-21(32(25)28(33)36)15-31(23)26(34)19-9-7-18(8-10-19)17-5-3-2-4-6-17/h2-12,21,23,25H,13,15H2,1H3/t21-,23?,25-/m1/s1. The fourth-order valence-corrected chi connectivity index (χ4v) is 5.92. The molecule has 0 aromatic heterocycles. The van der Waals surface area contributed by atoms with Crippen molar-refractivity contribution in [2.75, 3.05) is 11.4 Å². The third-order valence-corrected chi connectivity index (χ3v) is 7.97. The lowest BCUT2D eigenvalue weighted by Gasteiger charge is -2.35.